The van der Waals surface area contributed by atoms with Crippen molar-refractivity contribution in [3.63, 3.8) is 0 Å². The van der Waals surface area contributed by atoms with Gasteiger partial charge in [0.05, 0.1) is 121 Å². The van der Waals surface area contributed by atoms with Gasteiger partial charge >= 0.3 is 0 Å². The Hall–Kier alpha value is -0.800. The molecule has 4 heterocycles. The van der Waals surface area contributed by atoms with E-state index < -0.39 is 148 Å². The molecule has 0 amide bonds. The molecule has 0 aromatic carbocycles. The highest BCUT2D eigenvalue weighted by Crippen LogP contribution is 2.33. The van der Waals surface area contributed by atoms with Crippen LogP contribution >= 0.6 is 0 Å². The van der Waals surface area contributed by atoms with E-state index in [2.05, 4.69) is 0 Å². The van der Waals surface area contributed by atoms with Crippen molar-refractivity contribution in [3.05, 3.63) is 0 Å². The molecule has 0 aromatic heterocycles. The Balaban J connectivity index is 1.25. The van der Waals surface area contributed by atoms with Crippen molar-refractivity contribution < 1.29 is 99.2 Å². The molecule has 20 atom stereocenters. The average Bonchev–Trinajstić information content (AvgIpc) is 3.15. The van der Waals surface area contributed by atoms with Crippen LogP contribution in [0.4, 0.5) is 0 Å². The normalized spacial score (nSPS) is 46.0. The molecule has 0 aromatic rings. The zero-order valence-electron chi connectivity index (χ0n) is 30.0. The van der Waals surface area contributed by atoms with Crippen LogP contribution in [-0.4, -0.2) is 238 Å². The molecule has 4 fully saturated rings. The zero-order chi connectivity index (χ0) is 39.0. The molecule has 20 unspecified atom stereocenters. The number of hydrogen-bond acceptors (Lipinski definition) is 20. The summed E-state index contributed by atoms with van der Waals surface area (Å²) in [5, 5.41) is 124. The van der Waals surface area contributed by atoms with Crippen molar-refractivity contribution in [2.45, 2.75) is 117 Å². The van der Waals surface area contributed by atoms with Gasteiger partial charge in [0.2, 0.25) is 0 Å². The lowest BCUT2D eigenvalue weighted by molar-refractivity contribution is -0.256. The predicted molar refractivity (Wildman–Crippen MR) is 175 cm³/mol. The van der Waals surface area contributed by atoms with E-state index in [4.69, 9.17) is 37.9 Å². The first-order valence-corrected chi connectivity index (χ1v) is 18.1. The first-order chi connectivity index (χ1) is 25.3. The molecule has 53 heavy (non-hydrogen) atoms. The second-order valence-electron chi connectivity index (χ2n) is 14.4. The van der Waals surface area contributed by atoms with Gasteiger partial charge in [0.1, 0.15) is 48.8 Å². The van der Waals surface area contributed by atoms with Gasteiger partial charge in [-0.25, -0.2) is 0 Å². The summed E-state index contributed by atoms with van der Waals surface area (Å²) in [6.07, 6.45) is -19.3. The molecule has 20 heteroatoms. The minimum Gasteiger partial charge on any atom is -0.394 e. The Kier molecular flexibility index (Phi) is 17.9. The summed E-state index contributed by atoms with van der Waals surface area (Å²) in [6, 6.07) is 0. The van der Waals surface area contributed by atoms with Gasteiger partial charge in [0.15, 0.2) is 0 Å². The van der Waals surface area contributed by atoms with E-state index >= 15 is 0 Å². The number of aliphatic hydroxyl groups is 12. The van der Waals surface area contributed by atoms with Crippen molar-refractivity contribution >= 4 is 0 Å². The maximum Gasteiger partial charge on any atom is 0.110 e. The van der Waals surface area contributed by atoms with Gasteiger partial charge < -0.3 is 99.2 Å². The Bertz CT molecular complexity index is 1040. The van der Waals surface area contributed by atoms with Crippen LogP contribution in [0.3, 0.4) is 0 Å². The molecule has 312 valence electrons. The Morgan fingerprint density at radius 1 is 0.491 bits per heavy atom. The van der Waals surface area contributed by atoms with Gasteiger partial charge in [-0.15, -0.1) is 0 Å². The minimum atomic E-state index is -1.50. The van der Waals surface area contributed by atoms with E-state index in [1.165, 1.54) is 7.11 Å². The standard InChI is InChI=1S/C33H60O20/c1-14(26-21(6-36)53-23(11-46-2)32(44)33(26)45)49-13-25-31(43)28(40)17(20(5-35)52-25)10-48-12-24-30(42)27(39)16(19(4-34)51-24)9-47-8-15-3-18(38)29(41)22(7-37)50-15/h14-45H,3-13H2,1-2H3. The zero-order valence-corrected chi connectivity index (χ0v) is 30.0. The molecular formula is C33H60O20. The molecule has 4 rings (SSSR count). The quantitative estimate of drug-likeness (QED) is 0.0616. The fourth-order valence-electron chi connectivity index (χ4n) is 7.66. The molecule has 20 nitrogen and oxygen atoms in total. The van der Waals surface area contributed by atoms with Crippen molar-refractivity contribution in [1.29, 1.82) is 0 Å². The molecule has 0 bridgehead atoms. The molecule has 12 N–H and O–H groups in total. The highest BCUT2D eigenvalue weighted by atomic mass is 16.6. The van der Waals surface area contributed by atoms with Crippen LogP contribution in [0.5, 0.6) is 0 Å². The van der Waals surface area contributed by atoms with Crippen molar-refractivity contribution in [2.75, 3.05) is 73.2 Å². The maximum absolute atomic E-state index is 11.0. The Morgan fingerprint density at radius 3 is 1.49 bits per heavy atom. The number of hydrogen-bond donors (Lipinski definition) is 12. The van der Waals surface area contributed by atoms with E-state index in [1.807, 2.05) is 0 Å². The second-order valence-corrected chi connectivity index (χ2v) is 14.4. The van der Waals surface area contributed by atoms with E-state index in [0.29, 0.717) is 0 Å². The van der Waals surface area contributed by atoms with Crippen molar-refractivity contribution in [3.8, 4) is 0 Å². The van der Waals surface area contributed by atoms with Crippen LogP contribution < -0.4 is 0 Å². The Labute approximate surface area is 307 Å². The van der Waals surface area contributed by atoms with Gasteiger partial charge in [-0.05, 0) is 6.92 Å². The number of rotatable bonds is 18. The summed E-state index contributed by atoms with van der Waals surface area (Å²) in [5.41, 5.74) is 0. The molecule has 4 saturated heterocycles. The number of aliphatic hydroxyl groups excluding tert-OH is 12. The summed E-state index contributed by atoms with van der Waals surface area (Å²) in [6.45, 7) is -1.61. The lowest BCUT2D eigenvalue weighted by Gasteiger charge is -2.45. The van der Waals surface area contributed by atoms with Crippen LogP contribution in [-0.2, 0) is 37.9 Å². The van der Waals surface area contributed by atoms with E-state index in [0.717, 1.165) is 0 Å². The van der Waals surface area contributed by atoms with E-state index in [-0.39, 0.29) is 46.1 Å². The number of methoxy groups -OCH3 is 1. The first-order valence-electron chi connectivity index (χ1n) is 18.1. The highest BCUT2D eigenvalue weighted by Gasteiger charge is 2.49. The van der Waals surface area contributed by atoms with Crippen LogP contribution in [0.1, 0.15) is 13.3 Å². The molecule has 0 saturated carbocycles. The molecular weight excluding hydrogens is 716 g/mol. The lowest BCUT2D eigenvalue weighted by atomic mass is 9.83. The third-order valence-electron chi connectivity index (χ3n) is 10.9. The van der Waals surface area contributed by atoms with Gasteiger partial charge in [-0.3, -0.25) is 0 Å². The van der Waals surface area contributed by atoms with Crippen LogP contribution in [0.25, 0.3) is 0 Å². The fraction of sp³-hybridized carbons (Fsp3) is 1.00. The Morgan fingerprint density at radius 2 is 0.962 bits per heavy atom. The van der Waals surface area contributed by atoms with Crippen molar-refractivity contribution in [1.82, 2.24) is 0 Å². The van der Waals surface area contributed by atoms with Crippen LogP contribution in [0.2, 0.25) is 0 Å². The van der Waals surface area contributed by atoms with Gasteiger partial charge in [0, 0.05) is 31.3 Å². The smallest absolute Gasteiger partial charge is 0.110 e. The summed E-state index contributed by atoms with van der Waals surface area (Å²) in [5.74, 6) is -2.68. The van der Waals surface area contributed by atoms with Gasteiger partial charge in [-0.1, -0.05) is 0 Å². The summed E-state index contributed by atoms with van der Waals surface area (Å²) in [4.78, 5) is 0. The average molecular weight is 777 g/mol. The highest BCUT2D eigenvalue weighted by molar-refractivity contribution is 4.97. The molecule has 0 spiro atoms. The van der Waals surface area contributed by atoms with E-state index in [1.54, 1.807) is 6.92 Å². The van der Waals surface area contributed by atoms with Gasteiger partial charge in [0.25, 0.3) is 0 Å². The monoisotopic (exact) mass is 776 g/mol. The predicted octanol–water partition coefficient (Wildman–Crippen LogP) is -6.76. The largest absolute Gasteiger partial charge is 0.394 e. The second kappa shape index (κ2) is 21.1. The third-order valence-corrected chi connectivity index (χ3v) is 10.9. The first kappa shape index (κ1) is 44.9. The summed E-state index contributed by atoms with van der Waals surface area (Å²) in [7, 11) is 1.41. The number of ether oxygens (including phenoxy) is 8. The fourth-order valence-corrected chi connectivity index (χ4v) is 7.66. The van der Waals surface area contributed by atoms with Gasteiger partial charge in [-0.2, -0.15) is 0 Å². The molecule has 4 aliphatic heterocycles. The maximum atomic E-state index is 11.0. The molecule has 4 aliphatic rings. The van der Waals surface area contributed by atoms with Crippen molar-refractivity contribution in [2.24, 2.45) is 17.8 Å². The SMILES string of the molecule is COCC1OC(CO)C(C(C)OCC2OC(CO)C(COCC3OC(CO)C(COCC4CC(O)C(O)C(CO)O4)C(O)C3O)C(O)C2O)C(O)C1O. The topological polar surface area (TPSA) is 317 Å². The third kappa shape index (κ3) is 10.8. The van der Waals surface area contributed by atoms with Crippen LogP contribution in [0.15, 0.2) is 0 Å². The summed E-state index contributed by atoms with van der Waals surface area (Å²) >= 11 is 0. The summed E-state index contributed by atoms with van der Waals surface area (Å²) < 4.78 is 45.2. The molecule has 0 radical (unpaired) electrons. The minimum absolute atomic E-state index is 0.00809. The lowest BCUT2D eigenvalue weighted by Crippen LogP contribution is -2.61. The van der Waals surface area contributed by atoms with E-state index in [9.17, 15) is 61.3 Å². The van der Waals surface area contributed by atoms with Crippen LogP contribution in [0, 0.1) is 17.8 Å². The molecule has 0 aliphatic carbocycles.